The van der Waals surface area contributed by atoms with Gasteiger partial charge in [0.1, 0.15) is 12.2 Å². The van der Waals surface area contributed by atoms with Crippen LogP contribution in [0.3, 0.4) is 0 Å². The van der Waals surface area contributed by atoms with E-state index in [-0.39, 0.29) is 23.2 Å². The highest BCUT2D eigenvalue weighted by Crippen LogP contribution is 2.57. The summed E-state index contributed by atoms with van der Waals surface area (Å²) in [5.41, 5.74) is -0.657. The van der Waals surface area contributed by atoms with Gasteiger partial charge in [-0.1, -0.05) is 22.9 Å². The van der Waals surface area contributed by atoms with E-state index in [9.17, 15) is 5.11 Å². The third-order valence-corrected chi connectivity index (χ3v) is 5.09. The van der Waals surface area contributed by atoms with Crippen LogP contribution in [0.1, 0.15) is 20.3 Å². The van der Waals surface area contributed by atoms with Crippen LogP contribution in [0.2, 0.25) is 0 Å². The molecule has 0 amide bonds. The summed E-state index contributed by atoms with van der Waals surface area (Å²) in [6.07, 6.45) is -0.290. The molecule has 3 saturated heterocycles. The third-order valence-electron chi connectivity index (χ3n) is 4.14. The highest BCUT2D eigenvalue weighted by atomic mass is 79.9. The lowest BCUT2D eigenvalue weighted by atomic mass is 9.61. The second-order valence-electron chi connectivity index (χ2n) is 4.96. The van der Waals surface area contributed by atoms with Crippen LogP contribution in [-0.2, 0) is 14.2 Å². The highest BCUT2D eigenvalue weighted by Gasteiger charge is 2.67. The smallest absolute Gasteiger partial charge is 0.272 e. The van der Waals surface area contributed by atoms with Crippen molar-refractivity contribution in [3.05, 3.63) is 5.33 Å². The maximum Gasteiger partial charge on any atom is 0.272 e. The number of aliphatic hydroxyl groups is 1. The van der Waals surface area contributed by atoms with Crippen molar-refractivity contribution < 1.29 is 19.3 Å². The van der Waals surface area contributed by atoms with Crippen LogP contribution < -0.4 is 0 Å². The first kappa shape index (κ1) is 10.5. The molecule has 0 aromatic rings. The maximum absolute atomic E-state index is 10.1. The van der Waals surface area contributed by atoms with E-state index >= 15 is 0 Å². The Morgan fingerprint density at radius 1 is 1.40 bits per heavy atom. The second-order valence-corrected chi connectivity index (χ2v) is 5.41. The Labute approximate surface area is 97.0 Å². The van der Waals surface area contributed by atoms with Crippen LogP contribution in [0.25, 0.3) is 0 Å². The van der Waals surface area contributed by atoms with Gasteiger partial charge in [0.05, 0.1) is 11.7 Å². The SMILES string of the molecule is CC12CC3OC(OC(C3O)C1(C)[CH]Br)O2. The van der Waals surface area contributed by atoms with E-state index in [2.05, 4.69) is 22.9 Å². The Kier molecular flexibility index (Phi) is 2.06. The van der Waals surface area contributed by atoms with Crippen molar-refractivity contribution in [3.8, 4) is 0 Å². The summed E-state index contributed by atoms with van der Waals surface area (Å²) in [5.74, 6) is 0. The normalized spacial score (nSPS) is 62.4. The molecule has 0 spiro atoms. The Bertz CT molecular complexity index is 299. The minimum Gasteiger partial charge on any atom is -0.388 e. The Balaban J connectivity index is 2.05. The summed E-state index contributed by atoms with van der Waals surface area (Å²) in [5, 5.41) is 12.0. The minimum absolute atomic E-state index is 0.159. The number of rotatable bonds is 1. The van der Waals surface area contributed by atoms with Gasteiger partial charge in [-0.15, -0.1) is 0 Å². The Hall–Kier alpha value is 0.320. The van der Waals surface area contributed by atoms with Crippen molar-refractivity contribution in [3.63, 3.8) is 0 Å². The van der Waals surface area contributed by atoms with Crippen molar-refractivity contribution >= 4 is 15.9 Å². The molecule has 3 aliphatic heterocycles. The Morgan fingerprint density at radius 3 is 2.80 bits per heavy atom. The first-order chi connectivity index (χ1) is 7.00. The molecule has 1 radical (unpaired) electrons. The van der Waals surface area contributed by atoms with Gasteiger partial charge in [-0.05, 0) is 6.92 Å². The molecule has 4 rings (SSSR count). The van der Waals surface area contributed by atoms with Gasteiger partial charge >= 0.3 is 0 Å². The molecule has 6 atom stereocenters. The molecule has 6 unspecified atom stereocenters. The van der Waals surface area contributed by atoms with Crippen LogP contribution in [-0.4, -0.2) is 35.5 Å². The number of hydrogen-bond acceptors (Lipinski definition) is 4. The molecule has 5 heteroatoms. The predicted molar refractivity (Wildman–Crippen MR) is 55.0 cm³/mol. The quantitative estimate of drug-likeness (QED) is 0.782. The standard InChI is InChI=1S/C10H14BrO4/c1-9(4-11)7-6(12)5-3-10(9,2)15-8(13-5)14-7/h4-8,12H,3H2,1-2H3. The van der Waals surface area contributed by atoms with Gasteiger partial charge in [-0.25, -0.2) is 0 Å². The molecule has 1 saturated carbocycles. The van der Waals surface area contributed by atoms with E-state index in [1.165, 1.54) is 0 Å². The van der Waals surface area contributed by atoms with Crippen molar-refractivity contribution in [1.82, 2.24) is 0 Å². The molecule has 4 bridgehead atoms. The molecule has 0 aromatic carbocycles. The zero-order valence-corrected chi connectivity index (χ0v) is 10.2. The van der Waals surface area contributed by atoms with E-state index in [1.54, 1.807) is 0 Å². The monoisotopic (exact) mass is 277 g/mol. The van der Waals surface area contributed by atoms with Crippen LogP contribution in [0, 0.1) is 10.7 Å². The lowest BCUT2D eigenvalue weighted by Crippen LogP contribution is -2.75. The van der Waals surface area contributed by atoms with Gasteiger partial charge in [0.15, 0.2) is 0 Å². The van der Waals surface area contributed by atoms with Gasteiger partial charge in [-0.2, -0.15) is 0 Å². The van der Waals surface area contributed by atoms with Crippen LogP contribution >= 0.6 is 15.9 Å². The lowest BCUT2D eigenvalue weighted by molar-refractivity contribution is -0.493. The third kappa shape index (κ3) is 1.11. The second kappa shape index (κ2) is 2.96. The van der Waals surface area contributed by atoms with Crippen molar-refractivity contribution in [2.75, 3.05) is 0 Å². The number of ether oxygens (including phenoxy) is 3. The minimum atomic E-state index is -0.609. The van der Waals surface area contributed by atoms with Crippen molar-refractivity contribution in [1.29, 1.82) is 0 Å². The van der Waals surface area contributed by atoms with E-state index < -0.39 is 12.6 Å². The van der Waals surface area contributed by atoms with Gasteiger partial charge in [0, 0.05) is 17.2 Å². The summed E-state index contributed by atoms with van der Waals surface area (Å²) in [4.78, 5) is 0. The van der Waals surface area contributed by atoms with E-state index in [0.29, 0.717) is 6.42 Å². The first-order valence-corrected chi connectivity index (χ1v) is 6.03. The fourth-order valence-corrected chi connectivity index (χ4v) is 3.59. The molecule has 85 valence electrons. The number of aliphatic hydroxyl groups excluding tert-OH is 1. The summed E-state index contributed by atoms with van der Waals surface area (Å²) in [7, 11) is 0. The molecule has 4 aliphatic rings. The van der Waals surface area contributed by atoms with Gasteiger partial charge in [-0.3, -0.25) is 0 Å². The maximum atomic E-state index is 10.1. The molecule has 0 aromatic heterocycles. The van der Waals surface area contributed by atoms with E-state index in [0.717, 1.165) is 0 Å². The average molecular weight is 278 g/mol. The molecular weight excluding hydrogens is 264 g/mol. The summed E-state index contributed by atoms with van der Waals surface area (Å²) in [6.45, 7) is 3.48. The summed E-state index contributed by atoms with van der Waals surface area (Å²) < 4.78 is 16.7. The average Bonchev–Trinajstić information content (AvgIpc) is 2.20. The molecule has 1 aliphatic carbocycles. The molecule has 4 fully saturated rings. The largest absolute Gasteiger partial charge is 0.388 e. The topological polar surface area (TPSA) is 47.9 Å². The number of hydrogen-bond donors (Lipinski definition) is 1. The lowest BCUT2D eigenvalue weighted by Gasteiger charge is -2.64. The summed E-state index contributed by atoms with van der Waals surface area (Å²) in [6, 6.07) is 0. The molecule has 3 heterocycles. The van der Waals surface area contributed by atoms with Crippen molar-refractivity contribution in [2.24, 2.45) is 5.41 Å². The first-order valence-electron chi connectivity index (χ1n) is 5.11. The van der Waals surface area contributed by atoms with Crippen LogP contribution in [0.5, 0.6) is 0 Å². The molecule has 1 N–H and O–H groups in total. The Morgan fingerprint density at radius 2 is 2.13 bits per heavy atom. The van der Waals surface area contributed by atoms with E-state index in [1.807, 2.05) is 12.3 Å². The van der Waals surface area contributed by atoms with E-state index in [4.69, 9.17) is 14.2 Å². The molecule has 4 nitrogen and oxygen atoms in total. The zero-order valence-electron chi connectivity index (χ0n) is 8.64. The van der Waals surface area contributed by atoms with Crippen LogP contribution in [0.4, 0.5) is 0 Å². The fraction of sp³-hybridized carbons (Fsp3) is 0.900. The highest BCUT2D eigenvalue weighted by molar-refractivity contribution is 9.10. The van der Waals surface area contributed by atoms with Gasteiger partial charge < -0.3 is 19.3 Å². The van der Waals surface area contributed by atoms with Crippen LogP contribution in [0.15, 0.2) is 0 Å². The fourth-order valence-electron chi connectivity index (χ4n) is 2.84. The van der Waals surface area contributed by atoms with Crippen molar-refractivity contribution in [2.45, 2.75) is 50.7 Å². The zero-order chi connectivity index (χ0) is 10.8. The predicted octanol–water partition coefficient (Wildman–Crippen LogP) is 1.17. The molecule has 15 heavy (non-hydrogen) atoms. The van der Waals surface area contributed by atoms with Gasteiger partial charge in [0.25, 0.3) is 6.48 Å². The number of halogens is 1. The summed E-state index contributed by atoms with van der Waals surface area (Å²) >= 11 is 3.38. The van der Waals surface area contributed by atoms with Gasteiger partial charge in [0.2, 0.25) is 0 Å². The molecular formula is C10H14BrO4.